The van der Waals surface area contributed by atoms with Gasteiger partial charge in [-0.25, -0.2) is 22.9 Å². The minimum atomic E-state index is -5.89. The van der Waals surface area contributed by atoms with Crippen LogP contribution in [-0.2, 0) is 31.6 Å². The van der Waals surface area contributed by atoms with Gasteiger partial charge in [0.2, 0.25) is 5.72 Å². The summed E-state index contributed by atoms with van der Waals surface area (Å²) in [5.41, 5.74) is 3.77. The van der Waals surface area contributed by atoms with Crippen molar-refractivity contribution in [2.24, 2.45) is 5.11 Å². The number of halogens is 1. The molecule has 1 aliphatic rings. The summed E-state index contributed by atoms with van der Waals surface area (Å²) < 4.78 is 65.0. The Morgan fingerprint density at radius 2 is 1.88 bits per heavy atom. The highest BCUT2D eigenvalue weighted by Gasteiger charge is 2.57. The molecule has 0 radical (unpaired) electrons. The SMILES string of the molecule is [N-]=[N+]=NC1(COP(=O)(O)OP(=O)(O)OP(=O)(O)O)O[C@@H](n2ccc(=O)[nH]c2=O)[C@H](F)[C@@H]1O. The molecule has 1 fully saturated rings. The number of nitrogens with one attached hydrogen (secondary N) is 1. The van der Waals surface area contributed by atoms with E-state index in [9.17, 15) is 37.7 Å². The molecule has 180 valence electrons. The molecule has 23 heteroatoms. The average Bonchev–Trinajstić information content (AvgIpc) is 2.83. The minimum absolute atomic E-state index is 0.439. The maximum Gasteiger partial charge on any atom is 0.490 e. The van der Waals surface area contributed by atoms with Crippen LogP contribution in [0.25, 0.3) is 10.4 Å². The van der Waals surface area contributed by atoms with Crippen molar-refractivity contribution in [2.75, 3.05) is 6.61 Å². The van der Waals surface area contributed by atoms with Crippen molar-refractivity contribution in [3.8, 4) is 0 Å². The summed E-state index contributed by atoms with van der Waals surface area (Å²) in [6.45, 7) is -1.54. The number of phosphoric acid groups is 3. The number of aliphatic hydroxyl groups is 1. The van der Waals surface area contributed by atoms with Gasteiger partial charge in [-0.2, -0.15) is 8.62 Å². The highest BCUT2D eigenvalue weighted by molar-refractivity contribution is 7.66. The van der Waals surface area contributed by atoms with E-state index in [2.05, 4.69) is 23.2 Å². The molecule has 6 N–H and O–H groups in total. The Labute approximate surface area is 174 Å². The first-order chi connectivity index (χ1) is 14.5. The third-order valence-corrected chi connectivity index (χ3v) is 7.33. The smallest absolute Gasteiger partial charge is 0.387 e. The second-order valence-electron chi connectivity index (χ2n) is 5.81. The Balaban J connectivity index is 2.28. The quantitative estimate of drug-likeness (QED) is 0.0983. The van der Waals surface area contributed by atoms with Crippen molar-refractivity contribution in [3.63, 3.8) is 0 Å². The first kappa shape index (κ1) is 26.5. The summed E-state index contributed by atoms with van der Waals surface area (Å²) >= 11 is 0. The molecule has 3 unspecified atom stereocenters. The molecule has 2 rings (SSSR count). The molecule has 6 atom stereocenters. The maximum atomic E-state index is 14.6. The van der Waals surface area contributed by atoms with Crippen LogP contribution in [0, 0.1) is 0 Å². The van der Waals surface area contributed by atoms with Crippen LogP contribution in [0.1, 0.15) is 6.23 Å². The zero-order valence-electron chi connectivity index (χ0n) is 15.0. The number of azide groups is 1. The summed E-state index contributed by atoms with van der Waals surface area (Å²) in [6.07, 6.45) is -6.30. The fourth-order valence-electron chi connectivity index (χ4n) is 2.37. The van der Waals surface area contributed by atoms with Crippen LogP contribution >= 0.6 is 23.5 Å². The Morgan fingerprint density at radius 1 is 1.25 bits per heavy atom. The van der Waals surface area contributed by atoms with Gasteiger partial charge in [0, 0.05) is 17.2 Å². The van der Waals surface area contributed by atoms with Gasteiger partial charge in [0.15, 0.2) is 12.4 Å². The number of hydrogen-bond donors (Lipinski definition) is 6. The van der Waals surface area contributed by atoms with E-state index in [1.165, 1.54) is 0 Å². The van der Waals surface area contributed by atoms with Crippen LogP contribution in [0.3, 0.4) is 0 Å². The predicted octanol–water partition coefficient (Wildman–Crippen LogP) is -0.886. The highest BCUT2D eigenvalue weighted by Crippen LogP contribution is 2.66. The molecule has 1 aromatic heterocycles. The summed E-state index contributed by atoms with van der Waals surface area (Å²) in [5.74, 6) is 0. The Bertz CT molecular complexity index is 1170. The lowest BCUT2D eigenvalue weighted by Gasteiger charge is -2.27. The van der Waals surface area contributed by atoms with Crippen LogP contribution in [-0.4, -0.2) is 58.8 Å². The highest BCUT2D eigenvalue weighted by atomic mass is 31.3. The molecule has 0 aliphatic carbocycles. The number of alkyl halides is 1. The third kappa shape index (κ3) is 6.40. The van der Waals surface area contributed by atoms with Gasteiger partial charge in [0.1, 0.15) is 6.10 Å². The molecule has 32 heavy (non-hydrogen) atoms. The van der Waals surface area contributed by atoms with Gasteiger partial charge in [-0.1, -0.05) is 5.11 Å². The van der Waals surface area contributed by atoms with Gasteiger partial charge in [-0.05, 0) is 5.53 Å². The van der Waals surface area contributed by atoms with E-state index in [0.29, 0.717) is 4.57 Å². The number of nitrogens with zero attached hydrogens (tertiary/aromatic N) is 4. The van der Waals surface area contributed by atoms with E-state index in [-0.39, 0.29) is 0 Å². The Morgan fingerprint density at radius 3 is 2.41 bits per heavy atom. The molecule has 19 nitrogen and oxygen atoms in total. The lowest BCUT2D eigenvalue weighted by molar-refractivity contribution is -0.122. The van der Waals surface area contributed by atoms with Crippen molar-refractivity contribution >= 4 is 23.5 Å². The van der Waals surface area contributed by atoms with Gasteiger partial charge < -0.3 is 29.4 Å². The second-order valence-corrected chi connectivity index (χ2v) is 10.2. The van der Waals surface area contributed by atoms with Gasteiger partial charge in [0.25, 0.3) is 5.56 Å². The summed E-state index contributed by atoms with van der Waals surface area (Å²) in [7, 11) is -17.3. The van der Waals surface area contributed by atoms with Crippen molar-refractivity contribution in [1.29, 1.82) is 0 Å². The number of aromatic nitrogens is 2. The molecule has 1 aliphatic heterocycles. The summed E-state index contributed by atoms with van der Waals surface area (Å²) in [4.78, 5) is 62.5. The number of rotatable bonds is 9. The minimum Gasteiger partial charge on any atom is -0.387 e. The fourth-order valence-corrected chi connectivity index (χ4v) is 5.41. The zero-order chi connectivity index (χ0) is 24.5. The van der Waals surface area contributed by atoms with Gasteiger partial charge in [-0.15, -0.1) is 0 Å². The van der Waals surface area contributed by atoms with E-state index in [0.717, 1.165) is 12.3 Å². The van der Waals surface area contributed by atoms with Crippen LogP contribution in [0.15, 0.2) is 27.0 Å². The van der Waals surface area contributed by atoms with E-state index in [4.69, 9.17) is 24.9 Å². The molecular formula is C9H13FN5O14P3. The molecule has 2 heterocycles. The topological polar surface area (TPSA) is 293 Å². The number of H-pyrrole nitrogens is 1. The monoisotopic (exact) mass is 527 g/mol. The first-order valence-electron chi connectivity index (χ1n) is 7.67. The third-order valence-electron chi connectivity index (χ3n) is 3.55. The van der Waals surface area contributed by atoms with Crippen molar-refractivity contribution in [3.05, 3.63) is 43.5 Å². The van der Waals surface area contributed by atoms with Crippen molar-refractivity contribution < 1.29 is 60.6 Å². The zero-order valence-corrected chi connectivity index (χ0v) is 17.7. The Hall–Kier alpha value is -1.75. The largest absolute Gasteiger partial charge is 0.490 e. The first-order valence-corrected chi connectivity index (χ1v) is 12.2. The summed E-state index contributed by atoms with van der Waals surface area (Å²) in [5, 5.41) is 13.1. The van der Waals surface area contributed by atoms with E-state index in [1.54, 1.807) is 4.98 Å². The van der Waals surface area contributed by atoms with Crippen molar-refractivity contribution in [1.82, 2.24) is 9.55 Å². The number of hydrogen-bond acceptors (Lipinski definition) is 11. The molecule has 0 aromatic carbocycles. The number of phosphoric ester groups is 1. The van der Waals surface area contributed by atoms with Crippen LogP contribution in [0.2, 0.25) is 0 Å². The van der Waals surface area contributed by atoms with Crippen LogP contribution < -0.4 is 11.2 Å². The number of aliphatic hydroxyl groups excluding tert-OH is 1. The predicted molar refractivity (Wildman–Crippen MR) is 94.0 cm³/mol. The lowest BCUT2D eigenvalue weighted by atomic mass is 10.1. The molecule has 0 amide bonds. The molecule has 0 bridgehead atoms. The Kier molecular flexibility index (Phi) is 7.66. The van der Waals surface area contributed by atoms with E-state index >= 15 is 0 Å². The van der Waals surface area contributed by atoms with Gasteiger partial charge in [0.05, 0.1) is 6.61 Å². The fraction of sp³-hybridized carbons (Fsp3) is 0.556. The maximum absolute atomic E-state index is 14.6. The van der Waals surface area contributed by atoms with Crippen LogP contribution in [0.4, 0.5) is 4.39 Å². The molecule has 1 saturated heterocycles. The molecular weight excluding hydrogens is 514 g/mol. The van der Waals surface area contributed by atoms with E-state index < -0.39 is 65.6 Å². The molecule has 1 aromatic rings. The molecule has 0 spiro atoms. The van der Waals surface area contributed by atoms with Gasteiger partial charge in [-0.3, -0.25) is 18.9 Å². The normalized spacial score (nSPS) is 29.6. The standard InChI is InChI=1S/C9H13FN5O14P3/c10-5-6(17)9(13-14-11,27-7(5)15-2-1-4(16)12-8(15)18)3-26-31(22,23)29-32(24,25)28-30(19,20)21/h1-2,5-7,17H,3H2,(H,22,23)(H,24,25)(H,12,16,18)(H2,19,20,21)/t5-,6+,7-,9?/m1/s1. The number of aromatic amines is 1. The van der Waals surface area contributed by atoms with E-state index in [1.807, 2.05) is 0 Å². The average molecular weight is 527 g/mol. The number of ether oxygens (including phenoxy) is 1. The van der Waals surface area contributed by atoms with Gasteiger partial charge >= 0.3 is 29.2 Å². The molecule has 0 saturated carbocycles. The summed E-state index contributed by atoms with van der Waals surface area (Å²) in [6, 6.07) is 0.781. The van der Waals surface area contributed by atoms with Crippen LogP contribution in [0.5, 0.6) is 0 Å². The van der Waals surface area contributed by atoms with Crippen molar-refractivity contribution in [2.45, 2.75) is 24.2 Å². The lowest BCUT2D eigenvalue weighted by Crippen LogP contribution is -2.44. The second kappa shape index (κ2) is 9.24.